The second-order valence-electron chi connectivity index (χ2n) is 5.03. The molecule has 0 saturated heterocycles. The fraction of sp³-hybridized carbons (Fsp3) is 0.615. The number of amides is 1. The van der Waals surface area contributed by atoms with E-state index in [1.54, 1.807) is 6.07 Å². The van der Waals surface area contributed by atoms with Gasteiger partial charge in [0.15, 0.2) is 5.69 Å². The molecule has 0 spiro atoms. The Bertz CT molecular complexity index is 398. The van der Waals surface area contributed by atoms with E-state index in [4.69, 9.17) is 0 Å². The molecule has 5 nitrogen and oxygen atoms in total. The monoisotopic (exact) mass is 248 g/mol. The highest BCUT2D eigenvalue weighted by atomic mass is 16.1. The van der Waals surface area contributed by atoms with Crippen molar-refractivity contribution in [2.45, 2.75) is 25.2 Å². The molecule has 0 radical (unpaired) electrons. The summed E-state index contributed by atoms with van der Waals surface area (Å²) in [5.74, 6) is 0.443. The highest BCUT2D eigenvalue weighted by molar-refractivity contribution is 5.91. The van der Waals surface area contributed by atoms with Gasteiger partial charge in [0.25, 0.3) is 5.91 Å². The number of carbonyl (C=O) groups is 1. The maximum atomic E-state index is 11.8. The number of hydrogen-bond donors (Lipinski definition) is 1. The Morgan fingerprint density at radius 3 is 2.72 bits per heavy atom. The van der Waals surface area contributed by atoms with Gasteiger partial charge in [-0.15, -0.1) is 5.10 Å². The second kappa shape index (κ2) is 5.91. The van der Waals surface area contributed by atoms with Crippen molar-refractivity contribution in [2.75, 3.05) is 27.2 Å². The summed E-state index contributed by atoms with van der Waals surface area (Å²) in [6, 6.07) is 3.68. The average Bonchev–Trinajstić information content (AvgIpc) is 3.18. The van der Waals surface area contributed by atoms with Gasteiger partial charge in [-0.05, 0) is 52.0 Å². The Hall–Kier alpha value is -1.49. The van der Waals surface area contributed by atoms with E-state index in [9.17, 15) is 4.79 Å². The lowest BCUT2D eigenvalue weighted by atomic mass is 10.2. The lowest BCUT2D eigenvalue weighted by molar-refractivity contribution is 0.0946. The Morgan fingerprint density at radius 1 is 1.39 bits per heavy atom. The van der Waals surface area contributed by atoms with E-state index in [1.165, 1.54) is 12.8 Å². The van der Waals surface area contributed by atoms with E-state index < -0.39 is 0 Å². The summed E-state index contributed by atoms with van der Waals surface area (Å²) in [5.41, 5.74) is 1.42. The Morgan fingerprint density at radius 2 is 2.17 bits per heavy atom. The van der Waals surface area contributed by atoms with E-state index >= 15 is 0 Å². The zero-order valence-electron chi connectivity index (χ0n) is 11.0. The van der Waals surface area contributed by atoms with Crippen molar-refractivity contribution in [3.63, 3.8) is 0 Å². The van der Waals surface area contributed by atoms with Gasteiger partial charge in [0.2, 0.25) is 0 Å². The van der Waals surface area contributed by atoms with Crippen LogP contribution in [0.15, 0.2) is 12.1 Å². The third kappa shape index (κ3) is 3.77. The van der Waals surface area contributed by atoms with Crippen molar-refractivity contribution in [1.29, 1.82) is 0 Å². The van der Waals surface area contributed by atoms with Crippen LogP contribution in [0.5, 0.6) is 0 Å². The van der Waals surface area contributed by atoms with Gasteiger partial charge in [0, 0.05) is 12.5 Å². The maximum Gasteiger partial charge on any atom is 0.271 e. The van der Waals surface area contributed by atoms with Crippen LogP contribution in [-0.4, -0.2) is 48.2 Å². The molecule has 0 unspecified atom stereocenters. The minimum absolute atomic E-state index is 0.136. The third-order valence-corrected chi connectivity index (χ3v) is 2.98. The van der Waals surface area contributed by atoms with Crippen molar-refractivity contribution in [3.8, 4) is 0 Å². The average molecular weight is 248 g/mol. The Labute approximate surface area is 108 Å². The number of rotatable bonds is 6. The van der Waals surface area contributed by atoms with Gasteiger partial charge in [0.1, 0.15) is 0 Å². The molecule has 5 heteroatoms. The summed E-state index contributed by atoms with van der Waals surface area (Å²) in [6.45, 7) is 1.63. The van der Waals surface area contributed by atoms with Crippen LogP contribution < -0.4 is 5.32 Å². The first-order chi connectivity index (χ1) is 8.66. The smallest absolute Gasteiger partial charge is 0.271 e. The molecule has 1 heterocycles. The first-order valence-corrected chi connectivity index (χ1v) is 6.43. The highest BCUT2D eigenvalue weighted by Crippen LogP contribution is 2.38. The molecule has 1 aliphatic carbocycles. The van der Waals surface area contributed by atoms with Crippen LogP contribution in [0.25, 0.3) is 0 Å². The SMILES string of the molecule is CN(C)CCCNC(=O)c1ccc(C2CC2)nn1. The normalized spacial score (nSPS) is 14.8. The molecule has 98 valence electrons. The van der Waals surface area contributed by atoms with Gasteiger partial charge in [-0.2, -0.15) is 5.10 Å². The number of carbonyl (C=O) groups excluding carboxylic acids is 1. The van der Waals surface area contributed by atoms with Crippen molar-refractivity contribution in [2.24, 2.45) is 0 Å². The maximum absolute atomic E-state index is 11.8. The summed E-state index contributed by atoms with van der Waals surface area (Å²) in [6.07, 6.45) is 3.34. The van der Waals surface area contributed by atoms with E-state index in [2.05, 4.69) is 20.4 Å². The lowest BCUT2D eigenvalue weighted by Gasteiger charge is -2.09. The quantitative estimate of drug-likeness (QED) is 0.764. The molecule has 0 bridgehead atoms. The van der Waals surface area contributed by atoms with Crippen LogP contribution in [0, 0.1) is 0 Å². The molecule has 1 N–H and O–H groups in total. The minimum atomic E-state index is -0.136. The molecule has 1 aromatic heterocycles. The van der Waals surface area contributed by atoms with E-state index in [0.29, 0.717) is 18.2 Å². The lowest BCUT2D eigenvalue weighted by Crippen LogP contribution is -2.28. The zero-order chi connectivity index (χ0) is 13.0. The first-order valence-electron chi connectivity index (χ1n) is 6.43. The van der Waals surface area contributed by atoms with Gasteiger partial charge >= 0.3 is 0 Å². The zero-order valence-corrected chi connectivity index (χ0v) is 11.0. The van der Waals surface area contributed by atoms with Gasteiger partial charge < -0.3 is 10.2 Å². The van der Waals surface area contributed by atoms with Crippen molar-refractivity contribution >= 4 is 5.91 Å². The van der Waals surface area contributed by atoms with Gasteiger partial charge in [0.05, 0.1) is 5.69 Å². The topological polar surface area (TPSA) is 58.1 Å². The van der Waals surface area contributed by atoms with Crippen molar-refractivity contribution in [1.82, 2.24) is 20.4 Å². The van der Waals surface area contributed by atoms with Crippen molar-refractivity contribution in [3.05, 3.63) is 23.5 Å². The molecule has 18 heavy (non-hydrogen) atoms. The molecule has 1 aliphatic rings. The molecule has 1 amide bonds. The van der Waals surface area contributed by atoms with E-state index in [-0.39, 0.29) is 5.91 Å². The molecule has 0 aliphatic heterocycles. The van der Waals surface area contributed by atoms with Crippen LogP contribution in [0.1, 0.15) is 41.4 Å². The van der Waals surface area contributed by atoms with Gasteiger partial charge in [-0.1, -0.05) is 0 Å². The summed E-state index contributed by atoms with van der Waals surface area (Å²) in [4.78, 5) is 13.9. The molecule has 1 aromatic rings. The van der Waals surface area contributed by atoms with Crippen LogP contribution in [-0.2, 0) is 0 Å². The van der Waals surface area contributed by atoms with Crippen LogP contribution in [0.4, 0.5) is 0 Å². The molecular formula is C13H20N4O. The molecule has 0 atom stereocenters. The number of aromatic nitrogens is 2. The molecular weight excluding hydrogens is 228 g/mol. The molecule has 0 aromatic carbocycles. The van der Waals surface area contributed by atoms with E-state index in [0.717, 1.165) is 18.7 Å². The van der Waals surface area contributed by atoms with E-state index in [1.807, 2.05) is 20.2 Å². The fourth-order valence-corrected chi connectivity index (χ4v) is 1.75. The number of nitrogens with one attached hydrogen (secondary N) is 1. The molecule has 2 rings (SSSR count). The Kier molecular flexibility index (Phi) is 4.25. The van der Waals surface area contributed by atoms with Crippen LogP contribution in [0.2, 0.25) is 0 Å². The predicted octanol–water partition coefficient (Wildman–Crippen LogP) is 1.04. The van der Waals surface area contributed by atoms with Crippen molar-refractivity contribution < 1.29 is 4.79 Å². The third-order valence-electron chi connectivity index (χ3n) is 2.98. The van der Waals surface area contributed by atoms with Crippen LogP contribution >= 0.6 is 0 Å². The molecule has 1 saturated carbocycles. The standard InChI is InChI=1S/C13H20N4O/c1-17(2)9-3-8-14-13(18)12-7-6-11(15-16-12)10-4-5-10/h6-7,10H,3-5,8-9H2,1-2H3,(H,14,18). The summed E-state index contributed by atoms with van der Waals surface area (Å²) >= 11 is 0. The van der Waals surface area contributed by atoms with Gasteiger partial charge in [-0.25, -0.2) is 0 Å². The first kappa shape index (κ1) is 13.0. The summed E-state index contributed by atoms with van der Waals surface area (Å²) in [5, 5.41) is 10.9. The second-order valence-corrected chi connectivity index (χ2v) is 5.03. The summed E-state index contributed by atoms with van der Waals surface area (Å²) < 4.78 is 0. The number of hydrogen-bond acceptors (Lipinski definition) is 4. The fourth-order valence-electron chi connectivity index (χ4n) is 1.75. The minimum Gasteiger partial charge on any atom is -0.351 e. The number of nitrogens with zero attached hydrogens (tertiary/aromatic N) is 3. The van der Waals surface area contributed by atoms with Crippen LogP contribution in [0.3, 0.4) is 0 Å². The predicted molar refractivity (Wildman–Crippen MR) is 69.5 cm³/mol. The molecule has 1 fully saturated rings. The summed E-state index contributed by atoms with van der Waals surface area (Å²) in [7, 11) is 4.04. The largest absolute Gasteiger partial charge is 0.351 e. The van der Waals surface area contributed by atoms with Gasteiger partial charge in [-0.3, -0.25) is 4.79 Å². The Balaban J connectivity index is 1.77. The highest BCUT2D eigenvalue weighted by Gasteiger charge is 2.25.